The standard InChI is InChI=1S/C17H26ClNO/c1-12(2)9-13-5-4-6-14(10-13)19-15-7-8-17(20-3)16(18)11-15/h7-8,11-14,19H,4-6,9-10H2,1-3H3. The first-order valence-electron chi connectivity index (χ1n) is 7.68. The fraction of sp³-hybridized carbons (Fsp3) is 0.647. The van der Waals surface area contributed by atoms with Crippen molar-refractivity contribution in [2.24, 2.45) is 11.8 Å². The zero-order valence-electron chi connectivity index (χ0n) is 12.8. The molecule has 1 N–H and O–H groups in total. The third-order valence-corrected chi connectivity index (χ3v) is 4.41. The summed E-state index contributed by atoms with van der Waals surface area (Å²) in [5, 5.41) is 4.31. The van der Waals surface area contributed by atoms with E-state index in [1.807, 2.05) is 12.1 Å². The Bertz CT molecular complexity index is 433. The maximum Gasteiger partial charge on any atom is 0.137 e. The molecule has 0 saturated heterocycles. The molecule has 0 spiro atoms. The number of rotatable bonds is 5. The minimum atomic E-state index is 0.581. The van der Waals surface area contributed by atoms with E-state index in [1.54, 1.807) is 7.11 Å². The Morgan fingerprint density at radius 1 is 1.35 bits per heavy atom. The quantitative estimate of drug-likeness (QED) is 0.789. The van der Waals surface area contributed by atoms with Crippen LogP contribution in [-0.4, -0.2) is 13.2 Å². The Kier molecular flexibility index (Phi) is 5.59. The average molecular weight is 296 g/mol. The molecule has 2 nitrogen and oxygen atoms in total. The van der Waals surface area contributed by atoms with Crippen LogP contribution < -0.4 is 10.1 Å². The number of anilines is 1. The van der Waals surface area contributed by atoms with E-state index in [4.69, 9.17) is 16.3 Å². The van der Waals surface area contributed by atoms with Crippen LogP contribution in [0.4, 0.5) is 5.69 Å². The minimum absolute atomic E-state index is 0.581. The lowest BCUT2D eigenvalue weighted by atomic mass is 9.81. The molecule has 1 saturated carbocycles. The van der Waals surface area contributed by atoms with E-state index in [-0.39, 0.29) is 0 Å². The highest BCUT2D eigenvalue weighted by molar-refractivity contribution is 6.32. The van der Waals surface area contributed by atoms with E-state index in [2.05, 4.69) is 25.2 Å². The van der Waals surface area contributed by atoms with Gasteiger partial charge in [0.2, 0.25) is 0 Å². The molecule has 0 aromatic heterocycles. The van der Waals surface area contributed by atoms with E-state index < -0.39 is 0 Å². The molecule has 1 aromatic carbocycles. The zero-order valence-corrected chi connectivity index (χ0v) is 13.5. The van der Waals surface area contributed by atoms with E-state index >= 15 is 0 Å². The lowest BCUT2D eigenvalue weighted by Gasteiger charge is -2.31. The smallest absolute Gasteiger partial charge is 0.137 e. The van der Waals surface area contributed by atoms with Crippen molar-refractivity contribution in [3.05, 3.63) is 23.2 Å². The third-order valence-electron chi connectivity index (χ3n) is 4.11. The Morgan fingerprint density at radius 2 is 2.15 bits per heavy atom. The first-order chi connectivity index (χ1) is 9.58. The van der Waals surface area contributed by atoms with E-state index in [1.165, 1.54) is 32.1 Å². The molecule has 1 aliphatic rings. The molecule has 2 rings (SSSR count). The summed E-state index contributed by atoms with van der Waals surface area (Å²) in [5.41, 5.74) is 1.10. The Hall–Kier alpha value is -0.890. The number of ether oxygens (including phenoxy) is 1. The molecule has 2 unspecified atom stereocenters. The topological polar surface area (TPSA) is 21.3 Å². The number of nitrogens with one attached hydrogen (secondary N) is 1. The van der Waals surface area contributed by atoms with Crippen molar-refractivity contribution in [2.45, 2.75) is 52.0 Å². The molecule has 2 atom stereocenters. The number of halogens is 1. The lowest BCUT2D eigenvalue weighted by Crippen LogP contribution is -2.27. The van der Waals surface area contributed by atoms with Crippen molar-refractivity contribution in [3.8, 4) is 5.75 Å². The second-order valence-corrected chi connectivity index (χ2v) is 6.76. The highest BCUT2D eigenvalue weighted by Crippen LogP contribution is 2.32. The van der Waals surface area contributed by atoms with Crippen LogP contribution in [0.5, 0.6) is 5.75 Å². The molecule has 0 amide bonds. The Labute approximate surface area is 127 Å². The minimum Gasteiger partial charge on any atom is -0.495 e. The monoisotopic (exact) mass is 295 g/mol. The van der Waals surface area contributed by atoms with Gasteiger partial charge in [0.05, 0.1) is 12.1 Å². The number of methoxy groups -OCH3 is 1. The van der Waals surface area contributed by atoms with Crippen LogP contribution >= 0.6 is 11.6 Å². The fourth-order valence-corrected chi connectivity index (χ4v) is 3.55. The van der Waals surface area contributed by atoms with E-state index in [0.717, 1.165) is 23.3 Å². The number of hydrogen-bond acceptors (Lipinski definition) is 2. The van der Waals surface area contributed by atoms with Gasteiger partial charge >= 0.3 is 0 Å². The van der Waals surface area contributed by atoms with Gasteiger partial charge in [-0.3, -0.25) is 0 Å². The molecule has 0 bridgehead atoms. The summed E-state index contributed by atoms with van der Waals surface area (Å²) in [7, 11) is 1.64. The average Bonchev–Trinajstić information content (AvgIpc) is 2.38. The molecular weight excluding hydrogens is 270 g/mol. The van der Waals surface area contributed by atoms with Gasteiger partial charge in [0.1, 0.15) is 5.75 Å². The van der Waals surface area contributed by atoms with Crippen LogP contribution in [0.3, 0.4) is 0 Å². The van der Waals surface area contributed by atoms with Gasteiger partial charge in [-0.15, -0.1) is 0 Å². The summed E-state index contributed by atoms with van der Waals surface area (Å²) in [4.78, 5) is 0. The summed E-state index contributed by atoms with van der Waals surface area (Å²) in [6.45, 7) is 4.64. The van der Waals surface area contributed by atoms with Crippen molar-refractivity contribution in [2.75, 3.05) is 12.4 Å². The highest BCUT2D eigenvalue weighted by atomic mass is 35.5. The van der Waals surface area contributed by atoms with Gasteiger partial charge in [-0.2, -0.15) is 0 Å². The largest absolute Gasteiger partial charge is 0.495 e. The second-order valence-electron chi connectivity index (χ2n) is 6.35. The van der Waals surface area contributed by atoms with Crippen LogP contribution in [0.1, 0.15) is 46.0 Å². The van der Waals surface area contributed by atoms with Gasteiger partial charge in [0.25, 0.3) is 0 Å². The van der Waals surface area contributed by atoms with Gasteiger partial charge in [0.15, 0.2) is 0 Å². The normalized spacial score (nSPS) is 22.9. The molecule has 0 aliphatic heterocycles. The van der Waals surface area contributed by atoms with Crippen molar-refractivity contribution in [3.63, 3.8) is 0 Å². The molecule has 3 heteroatoms. The first kappa shape index (κ1) is 15.5. The third kappa shape index (κ3) is 4.31. The van der Waals surface area contributed by atoms with Crippen molar-refractivity contribution in [1.29, 1.82) is 0 Å². The Balaban J connectivity index is 1.93. The summed E-state index contributed by atoms with van der Waals surface area (Å²) < 4.78 is 5.19. The predicted molar refractivity (Wildman–Crippen MR) is 86.8 cm³/mol. The van der Waals surface area contributed by atoms with Crippen LogP contribution in [0.15, 0.2) is 18.2 Å². The van der Waals surface area contributed by atoms with Gasteiger partial charge < -0.3 is 10.1 Å². The van der Waals surface area contributed by atoms with E-state index in [0.29, 0.717) is 11.1 Å². The van der Waals surface area contributed by atoms with Crippen LogP contribution in [0, 0.1) is 11.8 Å². The molecule has 1 fully saturated rings. The molecule has 0 heterocycles. The van der Waals surface area contributed by atoms with Gasteiger partial charge in [-0.1, -0.05) is 38.3 Å². The summed E-state index contributed by atoms with van der Waals surface area (Å²) in [6, 6.07) is 6.53. The maximum absolute atomic E-state index is 6.18. The summed E-state index contributed by atoms with van der Waals surface area (Å²) in [6.07, 6.45) is 6.61. The molecule has 1 aromatic rings. The number of benzene rings is 1. The number of hydrogen-bond donors (Lipinski definition) is 1. The van der Waals surface area contributed by atoms with Crippen LogP contribution in [0.25, 0.3) is 0 Å². The predicted octanol–water partition coefficient (Wildman–Crippen LogP) is 5.37. The zero-order chi connectivity index (χ0) is 14.5. The van der Waals surface area contributed by atoms with Crippen LogP contribution in [-0.2, 0) is 0 Å². The SMILES string of the molecule is COc1ccc(NC2CCCC(CC(C)C)C2)cc1Cl. The molecular formula is C17H26ClNO. The first-order valence-corrected chi connectivity index (χ1v) is 8.06. The maximum atomic E-state index is 6.18. The van der Waals surface area contributed by atoms with E-state index in [9.17, 15) is 0 Å². The van der Waals surface area contributed by atoms with Crippen LogP contribution in [0.2, 0.25) is 5.02 Å². The second kappa shape index (κ2) is 7.21. The lowest BCUT2D eigenvalue weighted by molar-refractivity contribution is 0.289. The van der Waals surface area contributed by atoms with Crippen molar-refractivity contribution in [1.82, 2.24) is 0 Å². The molecule has 20 heavy (non-hydrogen) atoms. The summed E-state index contributed by atoms with van der Waals surface area (Å²) >= 11 is 6.18. The van der Waals surface area contributed by atoms with Crippen molar-refractivity contribution >= 4 is 17.3 Å². The summed E-state index contributed by atoms with van der Waals surface area (Å²) in [5.74, 6) is 2.41. The van der Waals surface area contributed by atoms with Crippen molar-refractivity contribution < 1.29 is 4.74 Å². The van der Waals surface area contributed by atoms with Gasteiger partial charge in [0, 0.05) is 11.7 Å². The Morgan fingerprint density at radius 3 is 2.80 bits per heavy atom. The highest BCUT2D eigenvalue weighted by Gasteiger charge is 2.22. The fourth-order valence-electron chi connectivity index (χ4n) is 3.29. The molecule has 0 radical (unpaired) electrons. The van der Waals surface area contributed by atoms with Gasteiger partial charge in [-0.05, 0) is 49.3 Å². The molecule has 112 valence electrons. The van der Waals surface area contributed by atoms with Gasteiger partial charge in [-0.25, -0.2) is 0 Å². The molecule has 1 aliphatic carbocycles.